The maximum atomic E-state index is 8.92. The van der Waals surface area contributed by atoms with Crippen molar-refractivity contribution in [2.45, 2.75) is 31.7 Å². The lowest BCUT2D eigenvalue weighted by atomic mass is 9.86. The van der Waals surface area contributed by atoms with Crippen LogP contribution in [0.25, 0.3) is 0 Å². The third kappa shape index (κ3) is 2.76. The number of hydrogen-bond acceptors (Lipinski definition) is 4. The van der Waals surface area contributed by atoms with E-state index >= 15 is 0 Å². The van der Waals surface area contributed by atoms with Gasteiger partial charge in [0.1, 0.15) is 0 Å². The number of thiazole rings is 1. The molecule has 0 bridgehead atoms. The Morgan fingerprint density at radius 3 is 2.77 bits per heavy atom. The first kappa shape index (κ1) is 10.6. The Bertz CT molecular complexity index is 241. The molecule has 0 spiro atoms. The summed E-state index contributed by atoms with van der Waals surface area (Å²) in [6.07, 6.45) is 2.45. The minimum absolute atomic E-state index is 0.150. The molecule has 1 aromatic heterocycles. The third-order valence-corrected chi connectivity index (χ3v) is 2.95. The zero-order chi connectivity index (χ0) is 9.90. The van der Waals surface area contributed by atoms with Crippen LogP contribution in [-0.4, -0.2) is 22.2 Å². The standard InChI is InChI=1S/C9H16N2OS/c1-9(2,10)7(3-5-12)8-11-4-6-13-8/h4,6-7,12H,3,5,10H2,1-2H3. The topological polar surface area (TPSA) is 59.1 Å². The summed E-state index contributed by atoms with van der Waals surface area (Å²) in [4.78, 5) is 4.23. The summed E-state index contributed by atoms with van der Waals surface area (Å²) in [7, 11) is 0. The molecule has 0 aliphatic carbocycles. The van der Waals surface area contributed by atoms with Crippen molar-refractivity contribution in [1.82, 2.24) is 4.98 Å². The summed E-state index contributed by atoms with van der Waals surface area (Å²) in [5.74, 6) is 0.150. The van der Waals surface area contributed by atoms with Crippen molar-refractivity contribution >= 4 is 11.3 Å². The van der Waals surface area contributed by atoms with Gasteiger partial charge in [-0.05, 0) is 20.3 Å². The van der Waals surface area contributed by atoms with Crippen molar-refractivity contribution in [2.24, 2.45) is 5.73 Å². The van der Waals surface area contributed by atoms with Crippen LogP contribution < -0.4 is 5.73 Å². The van der Waals surface area contributed by atoms with Crippen LogP contribution in [0.5, 0.6) is 0 Å². The third-order valence-electron chi connectivity index (χ3n) is 2.07. The van der Waals surface area contributed by atoms with Gasteiger partial charge >= 0.3 is 0 Å². The summed E-state index contributed by atoms with van der Waals surface area (Å²) >= 11 is 1.60. The van der Waals surface area contributed by atoms with E-state index in [1.54, 1.807) is 17.5 Å². The Morgan fingerprint density at radius 2 is 2.38 bits per heavy atom. The second kappa shape index (κ2) is 4.17. The SMILES string of the molecule is CC(C)(N)C(CCO)c1nccs1. The summed E-state index contributed by atoms with van der Waals surface area (Å²) in [6, 6.07) is 0. The van der Waals surface area contributed by atoms with Crippen LogP contribution in [-0.2, 0) is 0 Å². The van der Waals surface area contributed by atoms with E-state index in [1.807, 2.05) is 19.2 Å². The average molecular weight is 200 g/mol. The Morgan fingerprint density at radius 1 is 1.69 bits per heavy atom. The normalized spacial score (nSPS) is 14.5. The van der Waals surface area contributed by atoms with Gasteiger partial charge in [-0.1, -0.05) is 0 Å². The molecular weight excluding hydrogens is 184 g/mol. The van der Waals surface area contributed by atoms with Crippen molar-refractivity contribution in [2.75, 3.05) is 6.61 Å². The molecule has 1 aromatic rings. The van der Waals surface area contributed by atoms with Crippen LogP contribution in [0.2, 0.25) is 0 Å². The fourth-order valence-electron chi connectivity index (χ4n) is 1.35. The van der Waals surface area contributed by atoms with E-state index in [4.69, 9.17) is 10.8 Å². The molecule has 0 saturated heterocycles. The summed E-state index contributed by atoms with van der Waals surface area (Å²) in [5.41, 5.74) is 5.69. The van der Waals surface area contributed by atoms with Gasteiger partial charge in [-0.2, -0.15) is 0 Å². The van der Waals surface area contributed by atoms with E-state index < -0.39 is 0 Å². The lowest BCUT2D eigenvalue weighted by Gasteiger charge is -2.28. The lowest BCUT2D eigenvalue weighted by molar-refractivity contribution is 0.250. The Balaban J connectivity index is 2.81. The molecule has 3 nitrogen and oxygen atoms in total. The Hall–Kier alpha value is -0.450. The lowest BCUT2D eigenvalue weighted by Crippen LogP contribution is -2.39. The van der Waals surface area contributed by atoms with Gasteiger partial charge in [0.2, 0.25) is 0 Å². The first-order valence-electron chi connectivity index (χ1n) is 4.35. The number of nitrogens with two attached hydrogens (primary N) is 1. The molecule has 3 N–H and O–H groups in total. The number of aromatic nitrogens is 1. The fourth-order valence-corrected chi connectivity index (χ4v) is 2.32. The van der Waals surface area contributed by atoms with Gasteiger partial charge in [0.15, 0.2) is 0 Å². The predicted molar refractivity (Wildman–Crippen MR) is 54.8 cm³/mol. The van der Waals surface area contributed by atoms with Crippen LogP contribution >= 0.6 is 11.3 Å². The molecule has 74 valence electrons. The summed E-state index contributed by atoms with van der Waals surface area (Å²) in [6.45, 7) is 4.09. The van der Waals surface area contributed by atoms with E-state index in [2.05, 4.69) is 4.98 Å². The number of hydrogen-bond donors (Lipinski definition) is 2. The minimum Gasteiger partial charge on any atom is -0.396 e. The molecule has 1 heterocycles. The van der Waals surface area contributed by atoms with Crippen molar-refractivity contribution in [3.8, 4) is 0 Å². The first-order chi connectivity index (χ1) is 6.05. The average Bonchev–Trinajstić information content (AvgIpc) is 2.49. The van der Waals surface area contributed by atoms with E-state index in [0.29, 0.717) is 6.42 Å². The molecule has 13 heavy (non-hydrogen) atoms. The molecule has 0 amide bonds. The molecule has 0 radical (unpaired) electrons. The molecule has 0 aliphatic rings. The molecular formula is C9H16N2OS. The van der Waals surface area contributed by atoms with Gasteiger partial charge in [-0.15, -0.1) is 11.3 Å². The second-order valence-electron chi connectivity index (χ2n) is 3.76. The van der Waals surface area contributed by atoms with Crippen LogP contribution in [0.4, 0.5) is 0 Å². The van der Waals surface area contributed by atoms with Gasteiger partial charge < -0.3 is 10.8 Å². The molecule has 1 atom stereocenters. The van der Waals surface area contributed by atoms with Crippen molar-refractivity contribution in [3.05, 3.63) is 16.6 Å². The highest BCUT2D eigenvalue weighted by Crippen LogP contribution is 2.30. The molecule has 1 unspecified atom stereocenters. The molecule has 0 fully saturated rings. The van der Waals surface area contributed by atoms with Gasteiger partial charge in [0.05, 0.1) is 5.01 Å². The number of nitrogens with zero attached hydrogens (tertiary/aromatic N) is 1. The second-order valence-corrected chi connectivity index (χ2v) is 4.68. The highest BCUT2D eigenvalue weighted by molar-refractivity contribution is 7.09. The molecule has 0 aliphatic heterocycles. The molecule has 4 heteroatoms. The predicted octanol–water partition coefficient (Wildman–Crippen LogP) is 1.35. The molecule has 1 rings (SSSR count). The van der Waals surface area contributed by atoms with E-state index in [0.717, 1.165) is 5.01 Å². The largest absolute Gasteiger partial charge is 0.396 e. The van der Waals surface area contributed by atoms with Gasteiger partial charge in [0, 0.05) is 29.6 Å². The molecule has 0 aromatic carbocycles. The fraction of sp³-hybridized carbons (Fsp3) is 0.667. The van der Waals surface area contributed by atoms with E-state index in [-0.39, 0.29) is 18.1 Å². The van der Waals surface area contributed by atoms with Crippen LogP contribution in [0, 0.1) is 0 Å². The monoisotopic (exact) mass is 200 g/mol. The van der Waals surface area contributed by atoms with Crippen molar-refractivity contribution < 1.29 is 5.11 Å². The van der Waals surface area contributed by atoms with Crippen LogP contribution in [0.15, 0.2) is 11.6 Å². The smallest absolute Gasteiger partial charge is 0.0974 e. The maximum Gasteiger partial charge on any atom is 0.0974 e. The van der Waals surface area contributed by atoms with E-state index in [1.165, 1.54) is 0 Å². The van der Waals surface area contributed by atoms with Gasteiger partial charge in [0.25, 0.3) is 0 Å². The first-order valence-corrected chi connectivity index (χ1v) is 5.23. The van der Waals surface area contributed by atoms with Gasteiger partial charge in [-0.25, -0.2) is 4.98 Å². The number of rotatable bonds is 4. The zero-order valence-corrected chi connectivity index (χ0v) is 8.84. The van der Waals surface area contributed by atoms with Crippen LogP contribution in [0.3, 0.4) is 0 Å². The van der Waals surface area contributed by atoms with Crippen LogP contribution in [0.1, 0.15) is 31.2 Å². The maximum absolute atomic E-state index is 8.92. The van der Waals surface area contributed by atoms with Crippen molar-refractivity contribution in [1.29, 1.82) is 0 Å². The Labute approximate surface area is 82.6 Å². The Kier molecular flexibility index (Phi) is 3.41. The van der Waals surface area contributed by atoms with Crippen molar-refractivity contribution in [3.63, 3.8) is 0 Å². The van der Waals surface area contributed by atoms with E-state index in [9.17, 15) is 0 Å². The number of aliphatic hydroxyl groups is 1. The minimum atomic E-state index is -0.319. The number of aliphatic hydroxyl groups excluding tert-OH is 1. The highest BCUT2D eigenvalue weighted by atomic mass is 32.1. The highest BCUT2D eigenvalue weighted by Gasteiger charge is 2.27. The summed E-state index contributed by atoms with van der Waals surface area (Å²) < 4.78 is 0. The quantitative estimate of drug-likeness (QED) is 0.771. The molecule has 0 saturated carbocycles. The zero-order valence-electron chi connectivity index (χ0n) is 8.03. The summed E-state index contributed by atoms with van der Waals surface area (Å²) in [5, 5.41) is 11.9. The van der Waals surface area contributed by atoms with Gasteiger partial charge in [-0.3, -0.25) is 0 Å².